The van der Waals surface area contributed by atoms with Gasteiger partial charge in [-0.05, 0) is 24.3 Å². The first-order valence-corrected chi connectivity index (χ1v) is 4.21. The fourth-order valence-corrected chi connectivity index (χ4v) is 1.28. The monoisotopic (exact) mass is 187 g/mol. The largest absolute Gasteiger partial charge is 0.453 e. The SMILES string of the molecule is Nc1ccccc1-c1ccc(C=O)o1. The first kappa shape index (κ1) is 8.56. The molecule has 0 atom stereocenters. The van der Waals surface area contributed by atoms with Crippen molar-refractivity contribution in [3.63, 3.8) is 0 Å². The number of hydrogen-bond acceptors (Lipinski definition) is 3. The van der Waals surface area contributed by atoms with Gasteiger partial charge in [0.1, 0.15) is 5.76 Å². The van der Waals surface area contributed by atoms with Crippen molar-refractivity contribution in [2.75, 3.05) is 5.73 Å². The first-order valence-electron chi connectivity index (χ1n) is 4.21. The highest BCUT2D eigenvalue weighted by molar-refractivity contribution is 5.76. The van der Waals surface area contributed by atoms with E-state index in [1.165, 1.54) is 0 Å². The van der Waals surface area contributed by atoms with E-state index in [1.54, 1.807) is 18.2 Å². The van der Waals surface area contributed by atoms with Crippen LogP contribution < -0.4 is 5.73 Å². The maximum Gasteiger partial charge on any atom is 0.185 e. The second kappa shape index (κ2) is 3.38. The Morgan fingerprint density at radius 2 is 1.93 bits per heavy atom. The maximum atomic E-state index is 10.4. The third kappa shape index (κ3) is 1.40. The Morgan fingerprint density at radius 3 is 2.57 bits per heavy atom. The summed E-state index contributed by atoms with van der Waals surface area (Å²) in [6.45, 7) is 0. The van der Waals surface area contributed by atoms with Crippen LogP contribution in [0, 0.1) is 0 Å². The Morgan fingerprint density at radius 1 is 1.14 bits per heavy atom. The van der Waals surface area contributed by atoms with Crippen LogP contribution in [0.1, 0.15) is 10.6 Å². The number of furan rings is 1. The Hall–Kier alpha value is -2.03. The van der Waals surface area contributed by atoms with Crippen LogP contribution >= 0.6 is 0 Å². The van der Waals surface area contributed by atoms with E-state index in [0.717, 1.165) is 5.56 Å². The number of anilines is 1. The summed E-state index contributed by atoms with van der Waals surface area (Å²) in [6.07, 6.45) is 0.669. The second-order valence-corrected chi connectivity index (χ2v) is 2.91. The van der Waals surface area contributed by atoms with E-state index in [9.17, 15) is 4.79 Å². The van der Waals surface area contributed by atoms with Crippen LogP contribution in [0.2, 0.25) is 0 Å². The predicted molar refractivity (Wildman–Crippen MR) is 53.9 cm³/mol. The molecule has 2 aromatic rings. The van der Waals surface area contributed by atoms with Gasteiger partial charge in [-0.15, -0.1) is 0 Å². The van der Waals surface area contributed by atoms with Gasteiger partial charge < -0.3 is 10.2 Å². The van der Waals surface area contributed by atoms with Gasteiger partial charge in [-0.1, -0.05) is 12.1 Å². The van der Waals surface area contributed by atoms with Crippen LogP contribution in [-0.2, 0) is 0 Å². The van der Waals surface area contributed by atoms with Crippen molar-refractivity contribution in [1.29, 1.82) is 0 Å². The third-order valence-corrected chi connectivity index (χ3v) is 1.97. The van der Waals surface area contributed by atoms with Gasteiger partial charge in [0.05, 0.1) is 0 Å². The highest BCUT2D eigenvalue weighted by Gasteiger charge is 2.06. The number of carbonyl (C=O) groups excluding carboxylic acids is 1. The Bertz CT molecular complexity index is 460. The number of carbonyl (C=O) groups is 1. The fourth-order valence-electron chi connectivity index (χ4n) is 1.28. The van der Waals surface area contributed by atoms with Crippen molar-refractivity contribution in [2.45, 2.75) is 0 Å². The molecule has 0 bridgehead atoms. The molecule has 0 aliphatic heterocycles. The summed E-state index contributed by atoms with van der Waals surface area (Å²) in [5, 5.41) is 0. The molecule has 2 rings (SSSR count). The van der Waals surface area contributed by atoms with Crippen molar-refractivity contribution in [2.24, 2.45) is 0 Å². The van der Waals surface area contributed by atoms with Crippen molar-refractivity contribution >= 4 is 12.0 Å². The molecule has 3 heteroatoms. The summed E-state index contributed by atoms with van der Waals surface area (Å²) in [6, 6.07) is 10.7. The summed E-state index contributed by atoms with van der Waals surface area (Å²) in [5.41, 5.74) is 7.20. The predicted octanol–water partition coefficient (Wildman–Crippen LogP) is 2.34. The highest BCUT2D eigenvalue weighted by Crippen LogP contribution is 2.26. The number of nitrogens with two attached hydrogens (primary N) is 1. The second-order valence-electron chi connectivity index (χ2n) is 2.91. The van der Waals surface area contributed by atoms with Gasteiger partial charge in [-0.3, -0.25) is 4.79 Å². The van der Waals surface area contributed by atoms with E-state index in [4.69, 9.17) is 10.2 Å². The van der Waals surface area contributed by atoms with E-state index in [2.05, 4.69) is 0 Å². The quantitative estimate of drug-likeness (QED) is 0.580. The molecule has 0 fully saturated rings. The molecule has 1 aromatic heterocycles. The van der Waals surface area contributed by atoms with Gasteiger partial charge in [0.2, 0.25) is 0 Å². The molecule has 0 spiro atoms. The molecule has 0 saturated carbocycles. The first-order chi connectivity index (χ1) is 6.81. The third-order valence-electron chi connectivity index (χ3n) is 1.97. The van der Waals surface area contributed by atoms with Crippen LogP contribution in [-0.4, -0.2) is 6.29 Å². The standard InChI is InChI=1S/C11H9NO2/c12-10-4-2-1-3-9(10)11-6-5-8(7-13)14-11/h1-7H,12H2. The number of rotatable bonds is 2. The highest BCUT2D eigenvalue weighted by atomic mass is 16.3. The number of aldehydes is 1. The molecule has 0 amide bonds. The molecule has 14 heavy (non-hydrogen) atoms. The Kier molecular flexibility index (Phi) is 2.07. The van der Waals surface area contributed by atoms with Gasteiger partial charge in [0.15, 0.2) is 12.0 Å². The van der Waals surface area contributed by atoms with Gasteiger partial charge in [-0.2, -0.15) is 0 Å². The normalized spacial score (nSPS) is 10.0. The van der Waals surface area contributed by atoms with Gasteiger partial charge in [0, 0.05) is 11.3 Å². The van der Waals surface area contributed by atoms with Crippen molar-refractivity contribution in [3.8, 4) is 11.3 Å². The minimum absolute atomic E-state index is 0.309. The molecular weight excluding hydrogens is 178 g/mol. The average Bonchev–Trinajstić information content (AvgIpc) is 2.67. The summed E-state index contributed by atoms with van der Waals surface area (Å²) in [5.74, 6) is 0.924. The molecule has 0 saturated heterocycles. The lowest BCUT2D eigenvalue weighted by Gasteiger charge is -2.00. The van der Waals surface area contributed by atoms with Gasteiger partial charge in [-0.25, -0.2) is 0 Å². The molecule has 0 aliphatic rings. The molecular formula is C11H9NO2. The van der Waals surface area contributed by atoms with E-state index in [0.29, 0.717) is 23.5 Å². The minimum Gasteiger partial charge on any atom is -0.453 e. The van der Waals surface area contributed by atoms with E-state index in [-0.39, 0.29) is 0 Å². The zero-order valence-electron chi connectivity index (χ0n) is 7.44. The number of benzene rings is 1. The summed E-state index contributed by atoms with van der Waals surface area (Å²) in [4.78, 5) is 10.4. The summed E-state index contributed by atoms with van der Waals surface area (Å²) >= 11 is 0. The zero-order valence-corrected chi connectivity index (χ0v) is 7.44. The van der Waals surface area contributed by atoms with Crippen LogP contribution in [0.4, 0.5) is 5.69 Å². The van der Waals surface area contributed by atoms with Crippen molar-refractivity contribution < 1.29 is 9.21 Å². The maximum absolute atomic E-state index is 10.4. The van der Waals surface area contributed by atoms with Crippen LogP contribution in [0.25, 0.3) is 11.3 Å². The Balaban J connectivity index is 2.49. The molecule has 2 N–H and O–H groups in total. The lowest BCUT2D eigenvalue weighted by atomic mass is 10.1. The zero-order chi connectivity index (χ0) is 9.97. The van der Waals surface area contributed by atoms with Gasteiger partial charge >= 0.3 is 0 Å². The number of hydrogen-bond donors (Lipinski definition) is 1. The summed E-state index contributed by atoms with van der Waals surface area (Å²) in [7, 11) is 0. The van der Waals surface area contributed by atoms with E-state index < -0.39 is 0 Å². The lowest BCUT2D eigenvalue weighted by molar-refractivity contribution is 0.110. The van der Waals surface area contributed by atoms with Crippen LogP contribution in [0.15, 0.2) is 40.8 Å². The number of para-hydroxylation sites is 1. The van der Waals surface area contributed by atoms with Crippen molar-refractivity contribution in [3.05, 3.63) is 42.2 Å². The molecule has 1 aromatic carbocycles. The average molecular weight is 187 g/mol. The van der Waals surface area contributed by atoms with Gasteiger partial charge in [0.25, 0.3) is 0 Å². The molecule has 1 heterocycles. The molecule has 70 valence electrons. The van der Waals surface area contributed by atoms with Crippen LogP contribution in [0.5, 0.6) is 0 Å². The van der Waals surface area contributed by atoms with Crippen molar-refractivity contribution in [1.82, 2.24) is 0 Å². The van der Waals surface area contributed by atoms with E-state index in [1.807, 2.05) is 18.2 Å². The lowest BCUT2D eigenvalue weighted by Crippen LogP contribution is -1.87. The van der Waals surface area contributed by atoms with Crippen LogP contribution in [0.3, 0.4) is 0 Å². The minimum atomic E-state index is 0.309. The fraction of sp³-hybridized carbons (Fsp3) is 0. The number of nitrogen functional groups attached to an aromatic ring is 1. The summed E-state index contributed by atoms with van der Waals surface area (Å²) < 4.78 is 5.25. The molecule has 0 radical (unpaired) electrons. The molecule has 3 nitrogen and oxygen atoms in total. The smallest absolute Gasteiger partial charge is 0.185 e. The Labute approximate surface area is 81.1 Å². The molecule has 0 unspecified atom stereocenters. The van der Waals surface area contributed by atoms with E-state index >= 15 is 0 Å². The topological polar surface area (TPSA) is 56.2 Å². The molecule has 0 aliphatic carbocycles.